The molecule has 5 rings (SSSR count). The van der Waals surface area contributed by atoms with Crippen molar-refractivity contribution in [1.82, 2.24) is 20.6 Å². The molecule has 188 valence electrons. The first kappa shape index (κ1) is 24.3. The molecule has 1 heterocycles. The summed E-state index contributed by atoms with van der Waals surface area (Å²) in [5.74, 6) is -0.894. The third kappa shape index (κ3) is 4.47. The van der Waals surface area contributed by atoms with E-state index in [1.165, 1.54) is 12.1 Å². The van der Waals surface area contributed by atoms with E-state index in [0.29, 0.717) is 42.6 Å². The van der Waals surface area contributed by atoms with E-state index < -0.39 is 17.2 Å². The molecule has 7 N–H and O–H groups in total. The van der Waals surface area contributed by atoms with Crippen LogP contribution < -0.4 is 17.2 Å². The van der Waals surface area contributed by atoms with Crippen molar-refractivity contribution in [2.75, 3.05) is 0 Å². The third-order valence-electron chi connectivity index (χ3n) is 7.09. The van der Waals surface area contributed by atoms with Crippen LogP contribution >= 0.6 is 0 Å². The smallest absolute Gasteiger partial charge is 0.248 e. The molecule has 4 aromatic rings. The summed E-state index contributed by atoms with van der Waals surface area (Å²) >= 11 is 0. The number of fused-ring (bicyclic) bond motifs is 2. The zero-order valence-electron chi connectivity index (χ0n) is 19.9. The number of benzene rings is 3. The molecule has 0 spiro atoms. The lowest BCUT2D eigenvalue weighted by Gasteiger charge is -2.36. The monoisotopic (exact) mass is 499 g/mol. The molecule has 0 fully saturated rings. The molecular weight excluding hydrogens is 473 g/mol. The highest BCUT2D eigenvalue weighted by atomic mass is 19.1. The van der Waals surface area contributed by atoms with Crippen LogP contribution in [0.4, 0.5) is 4.39 Å². The predicted molar refractivity (Wildman–Crippen MR) is 134 cm³/mol. The van der Waals surface area contributed by atoms with Crippen LogP contribution in [-0.2, 0) is 24.7 Å². The molecule has 37 heavy (non-hydrogen) atoms. The minimum absolute atomic E-state index is 0.316. The van der Waals surface area contributed by atoms with Crippen LogP contribution in [0.5, 0.6) is 0 Å². The molecule has 9 nitrogen and oxygen atoms in total. The van der Waals surface area contributed by atoms with Gasteiger partial charge in [0, 0.05) is 17.2 Å². The lowest BCUT2D eigenvalue weighted by molar-refractivity contribution is 0.0991. The number of primary amides is 2. The number of hydrogen-bond donors (Lipinski definition) is 4. The number of carbonyl (C=O) groups is 2. The zero-order valence-corrected chi connectivity index (χ0v) is 19.9. The van der Waals surface area contributed by atoms with Gasteiger partial charge in [-0.05, 0) is 100 Å². The molecule has 3 aromatic carbocycles. The number of aromatic nitrogens is 4. The van der Waals surface area contributed by atoms with E-state index in [-0.39, 0.29) is 11.9 Å². The van der Waals surface area contributed by atoms with Crippen LogP contribution in [0, 0.1) is 5.82 Å². The topological polar surface area (TPSA) is 167 Å². The van der Waals surface area contributed by atoms with Crippen molar-refractivity contribution in [1.29, 1.82) is 0 Å². The first-order valence-corrected chi connectivity index (χ1v) is 11.9. The van der Waals surface area contributed by atoms with E-state index >= 15 is 0 Å². The van der Waals surface area contributed by atoms with Gasteiger partial charge in [0.2, 0.25) is 11.8 Å². The van der Waals surface area contributed by atoms with Gasteiger partial charge in [-0.2, -0.15) is 0 Å². The number of aryl methyl sites for hydroxylation is 2. The van der Waals surface area contributed by atoms with Gasteiger partial charge in [-0.15, -0.1) is 5.10 Å². The summed E-state index contributed by atoms with van der Waals surface area (Å²) in [5, 5.41) is 15.0. The zero-order chi connectivity index (χ0) is 26.2. The van der Waals surface area contributed by atoms with E-state index in [4.69, 9.17) is 17.2 Å². The first-order valence-electron chi connectivity index (χ1n) is 11.9. The van der Waals surface area contributed by atoms with Crippen molar-refractivity contribution in [3.05, 3.63) is 111 Å². The molecule has 1 aromatic heterocycles. The van der Waals surface area contributed by atoms with E-state index in [1.807, 2.05) is 12.1 Å². The highest BCUT2D eigenvalue weighted by Crippen LogP contribution is 2.47. The Labute approximate surface area is 212 Å². The highest BCUT2D eigenvalue weighted by molar-refractivity contribution is 5.94. The Bertz CT molecular complexity index is 1400. The number of carbonyl (C=O) groups excluding carboxylic acids is 2. The van der Waals surface area contributed by atoms with Gasteiger partial charge in [0.25, 0.3) is 0 Å². The average molecular weight is 500 g/mol. The van der Waals surface area contributed by atoms with E-state index in [0.717, 1.165) is 27.8 Å². The SMILES string of the molecule is NC(=O)c1ccc2c(c1)CCc1cc(C(N)=O)ccc1C2(C[C@H](N)Cc1ccc(F)cc1)c1nnn[nH]1. The molecule has 1 atom stereocenters. The Kier molecular flexibility index (Phi) is 6.26. The van der Waals surface area contributed by atoms with Crippen molar-refractivity contribution in [2.45, 2.75) is 37.1 Å². The Balaban J connectivity index is 1.72. The van der Waals surface area contributed by atoms with Crippen molar-refractivity contribution in [3.8, 4) is 0 Å². The number of aromatic amines is 1. The Morgan fingerprint density at radius 2 is 1.49 bits per heavy atom. The number of nitrogens with one attached hydrogen (secondary N) is 1. The van der Waals surface area contributed by atoms with Crippen molar-refractivity contribution in [3.63, 3.8) is 0 Å². The van der Waals surface area contributed by atoms with Gasteiger partial charge in [0.05, 0.1) is 5.41 Å². The van der Waals surface area contributed by atoms with Crippen LogP contribution in [0.1, 0.15) is 60.8 Å². The fraction of sp³-hybridized carbons (Fsp3) is 0.222. The number of rotatable bonds is 7. The summed E-state index contributed by atoms with van der Waals surface area (Å²) in [6.07, 6.45) is 2.03. The first-order chi connectivity index (χ1) is 17.8. The molecular formula is C27H26FN7O2. The van der Waals surface area contributed by atoms with Crippen LogP contribution in [0.2, 0.25) is 0 Å². The van der Waals surface area contributed by atoms with E-state index in [2.05, 4.69) is 20.6 Å². The summed E-state index contributed by atoms with van der Waals surface area (Å²) in [6.45, 7) is 0. The minimum Gasteiger partial charge on any atom is -0.366 e. The second kappa shape index (κ2) is 9.55. The van der Waals surface area contributed by atoms with Crippen LogP contribution in [-0.4, -0.2) is 38.5 Å². The summed E-state index contributed by atoms with van der Waals surface area (Å²) in [5.41, 5.74) is 22.3. The predicted octanol–water partition coefficient (Wildman–Crippen LogP) is 1.93. The summed E-state index contributed by atoms with van der Waals surface area (Å²) < 4.78 is 13.5. The molecule has 0 unspecified atom stereocenters. The number of hydrogen-bond acceptors (Lipinski definition) is 6. The second-order valence-electron chi connectivity index (χ2n) is 9.42. The van der Waals surface area contributed by atoms with Gasteiger partial charge < -0.3 is 17.2 Å². The van der Waals surface area contributed by atoms with Gasteiger partial charge in [0.1, 0.15) is 5.82 Å². The molecule has 0 bridgehead atoms. The molecule has 0 saturated carbocycles. The van der Waals surface area contributed by atoms with E-state index in [1.54, 1.807) is 36.4 Å². The molecule has 1 aliphatic carbocycles. The van der Waals surface area contributed by atoms with Crippen molar-refractivity contribution < 1.29 is 14.0 Å². The number of nitrogens with two attached hydrogens (primary N) is 3. The molecule has 2 amide bonds. The normalized spacial score (nSPS) is 14.8. The van der Waals surface area contributed by atoms with Gasteiger partial charge in [0.15, 0.2) is 5.82 Å². The minimum atomic E-state index is -0.934. The largest absolute Gasteiger partial charge is 0.366 e. The lowest BCUT2D eigenvalue weighted by atomic mass is 9.67. The maximum Gasteiger partial charge on any atom is 0.248 e. The number of H-pyrrole nitrogens is 1. The Morgan fingerprint density at radius 3 is 1.97 bits per heavy atom. The summed E-state index contributed by atoms with van der Waals surface area (Å²) in [7, 11) is 0. The van der Waals surface area contributed by atoms with Crippen LogP contribution in [0.25, 0.3) is 0 Å². The number of tetrazole rings is 1. The van der Waals surface area contributed by atoms with Gasteiger partial charge >= 0.3 is 0 Å². The molecule has 1 aliphatic rings. The Morgan fingerprint density at radius 1 is 0.919 bits per heavy atom. The molecule has 0 aliphatic heterocycles. The maximum absolute atomic E-state index is 13.5. The molecule has 10 heteroatoms. The molecule has 0 saturated heterocycles. The Hall–Kier alpha value is -4.44. The van der Waals surface area contributed by atoms with Gasteiger partial charge in [-0.25, -0.2) is 9.49 Å². The quantitative estimate of drug-likeness (QED) is 0.303. The third-order valence-corrected chi connectivity index (χ3v) is 7.09. The van der Waals surface area contributed by atoms with Crippen molar-refractivity contribution >= 4 is 11.8 Å². The van der Waals surface area contributed by atoms with Gasteiger partial charge in [-0.1, -0.05) is 24.3 Å². The van der Waals surface area contributed by atoms with Crippen LogP contribution in [0.3, 0.4) is 0 Å². The summed E-state index contributed by atoms with van der Waals surface area (Å²) in [4.78, 5) is 24.0. The standard InChI is InChI=1S/C27H26FN7O2/c28-20-7-1-15(2-8-20)11-21(29)14-27(26-32-34-35-33-26)22-9-5-18(24(30)36)12-16(22)3-4-17-13-19(25(31)37)6-10-23(17)27/h1-2,5-10,12-13,21H,3-4,11,14,29H2,(H2,30,36)(H2,31,37)(H,32,33,34,35)/t21-/m1/s1. The fourth-order valence-electron chi connectivity index (χ4n) is 5.46. The number of amides is 2. The average Bonchev–Trinajstić information content (AvgIpc) is 3.39. The molecule has 0 radical (unpaired) electrons. The maximum atomic E-state index is 13.5. The highest BCUT2D eigenvalue weighted by Gasteiger charge is 2.45. The van der Waals surface area contributed by atoms with Crippen molar-refractivity contribution in [2.24, 2.45) is 17.2 Å². The van der Waals surface area contributed by atoms with E-state index in [9.17, 15) is 14.0 Å². The lowest BCUT2D eigenvalue weighted by Crippen LogP contribution is -2.40. The second-order valence-corrected chi connectivity index (χ2v) is 9.42. The summed E-state index contributed by atoms with van der Waals surface area (Å²) in [6, 6.07) is 16.6. The number of nitrogens with zero attached hydrogens (tertiary/aromatic N) is 3. The fourth-order valence-corrected chi connectivity index (χ4v) is 5.46. The van der Waals surface area contributed by atoms with Gasteiger partial charge in [-0.3, -0.25) is 9.59 Å². The van der Waals surface area contributed by atoms with Crippen LogP contribution in [0.15, 0.2) is 60.7 Å². The number of halogens is 1.